The molecule has 1 aliphatic rings. The number of thioether (sulfide) groups is 2. The molecular weight excluding hydrogens is 324 g/mol. The summed E-state index contributed by atoms with van der Waals surface area (Å²) in [6, 6.07) is 16.8. The van der Waals surface area contributed by atoms with Crippen molar-refractivity contribution in [3.63, 3.8) is 0 Å². The average Bonchev–Trinajstić information content (AvgIpc) is 2.63. The minimum absolute atomic E-state index is 0.157. The van der Waals surface area contributed by atoms with Gasteiger partial charge in [-0.2, -0.15) is 5.26 Å². The second-order valence-electron chi connectivity index (χ2n) is 5.20. The molecule has 5 heteroatoms. The van der Waals surface area contributed by atoms with Crippen LogP contribution in [0.2, 0.25) is 0 Å². The van der Waals surface area contributed by atoms with Crippen LogP contribution in [0.15, 0.2) is 48.5 Å². The maximum atomic E-state index is 12.3. The SMILES string of the molecule is N#Cc1cccc(NC(=O)c2ccc(C3SCCCS3)cc2)c1. The van der Waals surface area contributed by atoms with Crippen molar-refractivity contribution in [2.75, 3.05) is 16.8 Å². The monoisotopic (exact) mass is 340 g/mol. The van der Waals surface area contributed by atoms with E-state index < -0.39 is 0 Å². The molecule has 1 aliphatic heterocycles. The molecule has 1 heterocycles. The summed E-state index contributed by atoms with van der Waals surface area (Å²) in [6.45, 7) is 0. The predicted octanol–water partition coefficient (Wildman–Crippen LogP) is 4.68. The van der Waals surface area contributed by atoms with Gasteiger partial charge in [0.25, 0.3) is 5.91 Å². The third-order valence-corrected chi connectivity index (χ3v) is 6.54. The first-order chi connectivity index (χ1) is 11.3. The lowest BCUT2D eigenvalue weighted by Gasteiger charge is -2.21. The lowest BCUT2D eigenvalue weighted by Crippen LogP contribution is -2.12. The molecule has 0 saturated carbocycles. The van der Waals surface area contributed by atoms with E-state index in [4.69, 9.17) is 5.26 Å². The smallest absolute Gasteiger partial charge is 0.255 e. The Morgan fingerprint density at radius 1 is 1.13 bits per heavy atom. The highest BCUT2D eigenvalue weighted by molar-refractivity contribution is 8.16. The number of hydrogen-bond donors (Lipinski definition) is 1. The third-order valence-electron chi connectivity index (χ3n) is 3.52. The highest BCUT2D eigenvalue weighted by Gasteiger charge is 2.17. The summed E-state index contributed by atoms with van der Waals surface area (Å²) in [7, 11) is 0. The maximum Gasteiger partial charge on any atom is 0.255 e. The van der Waals surface area contributed by atoms with Crippen molar-refractivity contribution in [1.82, 2.24) is 0 Å². The number of carbonyl (C=O) groups is 1. The van der Waals surface area contributed by atoms with Crippen LogP contribution in [0.3, 0.4) is 0 Å². The molecule has 116 valence electrons. The van der Waals surface area contributed by atoms with Gasteiger partial charge in [0.1, 0.15) is 0 Å². The van der Waals surface area contributed by atoms with Gasteiger partial charge in [0.15, 0.2) is 0 Å². The van der Waals surface area contributed by atoms with E-state index in [1.54, 1.807) is 24.3 Å². The van der Waals surface area contributed by atoms with E-state index >= 15 is 0 Å². The first kappa shape index (κ1) is 16.0. The summed E-state index contributed by atoms with van der Waals surface area (Å²) >= 11 is 3.94. The Morgan fingerprint density at radius 2 is 1.87 bits per heavy atom. The van der Waals surface area contributed by atoms with Gasteiger partial charge in [-0.3, -0.25) is 4.79 Å². The van der Waals surface area contributed by atoms with Gasteiger partial charge in [-0.15, -0.1) is 23.5 Å². The van der Waals surface area contributed by atoms with Crippen molar-refractivity contribution in [3.05, 3.63) is 65.2 Å². The van der Waals surface area contributed by atoms with E-state index in [9.17, 15) is 4.79 Å². The van der Waals surface area contributed by atoms with E-state index in [2.05, 4.69) is 11.4 Å². The van der Waals surface area contributed by atoms with Crippen LogP contribution >= 0.6 is 23.5 Å². The largest absolute Gasteiger partial charge is 0.322 e. The van der Waals surface area contributed by atoms with Gasteiger partial charge in [0.2, 0.25) is 0 Å². The molecule has 1 saturated heterocycles. The van der Waals surface area contributed by atoms with Crippen LogP contribution in [0.5, 0.6) is 0 Å². The van der Waals surface area contributed by atoms with Gasteiger partial charge in [0, 0.05) is 11.3 Å². The van der Waals surface area contributed by atoms with Gasteiger partial charge >= 0.3 is 0 Å². The Morgan fingerprint density at radius 3 is 2.57 bits per heavy atom. The van der Waals surface area contributed by atoms with Crippen LogP contribution in [0.25, 0.3) is 0 Å². The number of carbonyl (C=O) groups excluding carboxylic acids is 1. The fourth-order valence-electron chi connectivity index (χ4n) is 2.34. The first-order valence-corrected chi connectivity index (χ1v) is 9.51. The van der Waals surface area contributed by atoms with Crippen molar-refractivity contribution >= 4 is 35.1 Å². The number of nitrogens with zero attached hydrogens (tertiary/aromatic N) is 1. The molecule has 0 aliphatic carbocycles. The molecule has 0 radical (unpaired) electrons. The average molecular weight is 340 g/mol. The summed E-state index contributed by atoms with van der Waals surface area (Å²) in [6.07, 6.45) is 1.27. The number of anilines is 1. The molecule has 1 fully saturated rings. The maximum absolute atomic E-state index is 12.3. The lowest BCUT2D eigenvalue weighted by atomic mass is 10.1. The van der Waals surface area contributed by atoms with Gasteiger partial charge in [0.05, 0.1) is 16.2 Å². The van der Waals surface area contributed by atoms with Gasteiger partial charge < -0.3 is 5.32 Å². The summed E-state index contributed by atoms with van der Waals surface area (Å²) in [5, 5.41) is 11.7. The molecule has 3 nitrogen and oxygen atoms in total. The minimum atomic E-state index is -0.157. The second-order valence-corrected chi connectivity index (χ2v) is 7.92. The molecule has 2 aromatic rings. The Balaban J connectivity index is 1.68. The number of rotatable bonds is 3. The van der Waals surface area contributed by atoms with E-state index in [1.165, 1.54) is 23.5 Å². The summed E-state index contributed by atoms with van der Waals surface area (Å²) in [5.74, 6) is 2.25. The van der Waals surface area contributed by atoms with Gasteiger partial charge in [-0.25, -0.2) is 0 Å². The van der Waals surface area contributed by atoms with E-state index in [0.29, 0.717) is 21.4 Å². The zero-order chi connectivity index (χ0) is 16.1. The molecule has 23 heavy (non-hydrogen) atoms. The fourth-order valence-corrected chi connectivity index (χ4v) is 5.24. The van der Waals surface area contributed by atoms with Crippen molar-refractivity contribution in [3.8, 4) is 6.07 Å². The molecular formula is C18H16N2OS2. The molecule has 1 amide bonds. The number of amides is 1. The number of nitrogens with one attached hydrogen (secondary N) is 1. The lowest BCUT2D eigenvalue weighted by molar-refractivity contribution is 0.102. The van der Waals surface area contributed by atoms with Crippen molar-refractivity contribution < 1.29 is 4.79 Å². The van der Waals surface area contributed by atoms with Crippen molar-refractivity contribution in [2.45, 2.75) is 11.0 Å². The summed E-state index contributed by atoms with van der Waals surface area (Å²) in [4.78, 5) is 12.3. The van der Waals surface area contributed by atoms with Crippen LogP contribution in [0.1, 0.15) is 32.5 Å². The zero-order valence-corrected chi connectivity index (χ0v) is 14.1. The molecule has 0 spiro atoms. The Hall–Kier alpha value is -1.90. The number of benzene rings is 2. The van der Waals surface area contributed by atoms with Crippen molar-refractivity contribution in [1.29, 1.82) is 5.26 Å². The van der Waals surface area contributed by atoms with E-state index in [1.807, 2.05) is 47.8 Å². The molecule has 0 atom stereocenters. The second kappa shape index (κ2) is 7.58. The standard InChI is InChI=1S/C18H16N2OS2/c19-12-13-3-1-4-16(11-13)20-17(21)14-5-7-15(8-6-14)18-22-9-2-10-23-18/h1,3-8,11,18H,2,9-10H2,(H,20,21). The normalized spacial score (nSPS) is 14.9. The van der Waals surface area contributed by atoms with Crippen LogP contribution in [-0.2, 0) is 0 Å². The van der Waals surface area contributed by atoms with E-state index in [0.717, 1.165) is 0 Å². The van der Waals surface area contributed by atoms with Crippen LogP contribution in [0, 0.1) is 11.3 Å². The molecule has 0 bridgehead atoms. The minimum Gasteiger partial charge on any atom is -0.322 e. The van der Waals surface area contributed by atoms with Crippen LogP contribution in [0.4, 0.5) is 5.69 Å². The molecule has 0 aromatic heterocycles. The third kappa shape index (κ3) is 4.10. The molecule has 0 unspecified atom stereocenters. The van der Waals surface area contributed by atoms with Crippen LogP contribution in [-0.4, -0.2) is 17.4 Å². The van der Waals surface area contributed by atoms with Gasteiger partial charge in [-0.05, 0) is 53.8 Å². The fraction of sp³-hybridized carbons (Fsp3) is 0.222. The Labute approximate surface area is 144 Å². The predicted molar refractivity (Wildman–Crippen MR) is 97.8 cm³/mol. The Kier molecular flexibility index (Phi) is 5.27. The zero-order valence-electron chi connectivity index (χ0n) is 12.5. The Bertz CT molecular complexity index is 731. The highest BCUT2D eigenvalue weighted by atomic mass is 32.2. The van der Waals surface area contributed by atoms with Crippen molar-refractivity contribution in [2.24, 2.45) is 0 Å². The summed E-state index contributed by atoms with van der Waals surface area (Å²) < 4.78 is 0.480. The number of hydrogen-bond acceptors (Lipinski definition) is 4. The molecule has 1 N–H and O–H groups in total. The van der Waals surface area contributed by atoms with Crippen LogP contribution < -0.4 is 5.32 Å². The molecule has 2 aromatic carbocycles. The first-order valence-electron chi connectivity index (χ1n) is 7.41. The van der Waals surface area contributed by atoms with Gasteiger partial charge in [-0.1, -0.05) is 18.2 Å². The highest BCUT2D eigenvalue weighted by Crippen LogP contribution is 2.43. The quantitative estimate of drug-likeness (QED) is 0.881. The number of nitriles is 1. The molecule has 3 rings (SSSR count). The topological polar surface area (TPSA) is 52.9 Å². The van der Waals surface area contributed by atoms with E-state index in [-0.39, 0.29) is 5.91 Å². The summed E-state index contributed by atoms with van der Waals surface area (Å²) in [5.41, 5.74) is 3.06.